The maximum Gasteiger partial charge on any atom is 0.391 e. The fourth-order valence-corrected chi connectivity index (χ4v) is 2.64. The standard InChI is InChI=1S/C12H17O3P/c13-16(14)15-12-8-6-11(7-9-12)10-4-2-1-3-5-10/h6-10,13-14H,1-5H2. The third-order valence-corrected chi connectivity index (χ3v) is 3.52. The molecule has 1 aliphatic rings. The number of hydrogen-bond donors (Lipinski definition) is 2. The van der Waals surface area contributed by atoms with E-state index in [1.165, 1.54) is 37.7 Å². The topological polar surface area (TPSA) is 49.7 Å². The Morgan fingerprint density at radius 2 is 1.62 bits per heavy atom. The lowest BCUT2D eigenvalue weighted by molar-refractivity contribution is 0.375. The molecular formula is C12H17O3P. The smallest absolute Gasteiger partial charge is 0.391 e. The van der Waals surface area contributed by atoms with E-state index in [0.717, 1.165) is 0 Å². The van der Waals surface area contributed by atoms with Gasteiger partial charge in [-0.25, -0.2) is 0 Å². The van der Waals surface area contributed by atoms with Crippen LogP contribution in [0.25, 0.3) is 0 Å². The van der Waals surface area contributed by atoms with Crippen molar-refractivity contribution in [2.45, 2.75) is 38.0 Å². The maximum absolute atomic E-state index is 8.72. The van der Waals surface area contributed by atoms with Gasteiger partial charge in [0.05, 0.1) is 0 Å². The van der Waals surface area contributed by atoms with Crippen LogP contribution in [0.5, 0.6) is 5.75 Å². The van der Waals surface area contributed by atoms with E-state index in [2.05, 4.69) is 0 Å². The zero-order valence-corrected chi connectivity index (χ0v) is 10.1. The van der Waals surface area contributed by atoms with E-state index in [1.807, 2.05) is 24.3 Å². The van der Waals surface area contributed by atoms with Crippen LogP contribution in [-0.4, -0.2) is 9.79 Å². The van der Waals surface area contributed by atoms with E-state index in [9.17, 15) is 0 Å². The zero-order valence-electron chi connectivity index (χ0n) is 9.17. The second kappa shape index (κ2) is 5.62. The third kappa shape index (κ3) is 3.18. The molecule has 0 bridgehead atoms. The van der Waals surface area contributed by atoms with E-state index in [1.54, 1.807) is 0 Å². The lowest BCUT2D eigenvalue weighted by Crippen LogP contribution is -2.04. The van der Waals surface area contributed by atoms with E-state index >= 15 is 0 Å². The Bertz CT molecular complexity index is 318. The molecule has 4 heteroatoms. The molecule has 1 fully saturated rings. The zero-order chi connectivity index (χ0) is 11.4. The summed E-state index contributed by atoms with van der Waals surface area (Å²) in [6.45, 7) is 0. The van der Waals surface area contributed by atoms with Crippen LogP contribution in [0.15, 0.2) is 24.3 Å². The van der Waals surface area contributed by atoms with Crippen molar-refractivity contribution < 1.29 is 14.3 Å². The summed E-state index contributed by atoms with van der Waals surface area (Å²) in [5, 5.41) is 0. The Balaban J connectivity index is 2.00. The summed E-state index contributed by atoms with van der Waals surface area (Å²) in [4.78, 5) is 17.4. The van der Waals surface area contributed by atoms with Gasteiger partial charge in [-0.05, 0) is 36.5 Å². The molecule has 2 N–H and O–H groups in total. The van der Waals surface area contributed by atoms with Crippen molar-refractivity contribution in [2.24, 2.45) is 0 Å². The van der Waals surface area contributed by atoms with Gasteiger partial charge in [-0.15, -0.1) is 0 Å². The number of hydrogen-bond acceptors (Lipinski definition) is 3. The molecule has 0 aliphatic heterocycles. The molecule has 2 rings (SSSR count). The molecule has 16 heavy (non-hydrogen) atoms. The lowest BCUT2D eigenvalue weighted by atomic mass is 9.84. The van der Waals surface area contributed by atoms with Gasteiger partial charge in [0, 0.05) is 0 Å². The summed E-state index contributed by atoms with van der Waals surface area (Å²) in [5.41, 5.74) is 1.34. The summed E-state index contributed by atoms with van der Waals surface area (Å²) in [7, 11) is -2.30. The summed E-state index contributed by atoms with van der Waals surface area (Å²) in [6, 6.07) is 7.69. The van der Waals surface area contributed by atoms with Crippen molar-refractivity contribution in [3.63, 3.8) is 0 Å². The van der Waals surface area contributed by atoms with Crippen LogP contribution in [-0.2, 0) is 0 Å². The lowest BCUT2D eigenvalue weighted by Gasteiger charge is -2.22. The van der Waals surface area contributed by atoms with E-state index in [0.29, 0.717) is 11.7 Å². The second-order valence-corrected chi connectivity index (χ2v) is 4.94. The van der Waals surface area contributed by atoms with Gasteiger partial charge < -0.3 is 14.3 Å². The molecule has 0 saturated heterocycles. The normalized spacial score (nSPS) is 17.7. The first-order valence-corrected chi connectivity index (χ1v) is 6.88. The van der Waals surface area contributed by atoms with Gasteiger partial charge in [0.15, 0.2) is 0 Å². The van der Waals surface area contributed by atoms with Gasteiger partial charge in [0.2, 0.25) is 0 Å². The minimum atomic E-state index is -2.30. The van der Waals surface area contributed by atoms with E-state index in [4.69, 9.17) is 14.3 Å². The summed E-state index contributed by atoms with van der Waals surface area (Å²) < 4.78 is 4.83. The molecule has 1 saturated carbocycles. The van der Waals surface area contributed by atoms with Crippen LogP contribution in [0.4, 0.5) is 0 Å². The molecule has 0 radical (unpaired) electrons. The first kappa shape index (κ1) is 11.8. The van der Waals surface area contributed by atoms with Crippen molar-refractivity contribution in [3.8, 4) is 5.75 Å². The van der Waals surface area contributed by atoms with Crippen LogP contribution in [0, 0.1) is 0 Å². The molecule has 0 heterocycles. The molecule has 0 unspecified atom stereocenters. The van der Waals surface area contributed by atoms with Gasteiger partial charge in [0.1, 0.15) is 5.75 Å². The molecular weight excluding hydrogens is 223 g/mol. The molecule has 0 spiro atoms. The van der Waals surface area contributed by atoms with Crippen molar-refractivity contribution >= 4 is 8.60 Å². The minimum Gasteiger partial charge on any atom is -0.427 e. The van der Waals surface area contributed by atoms with Crippen LogP contribution in [0.2, 0.25) is 0 Å². The fraction of sp³-hybridized carbons (Fsp3) is 0.500. The highest BCUT2D eigenvalue weighted by Gasteiger charge is 2.15. The Morgan fingerprint density at radius 1 is 1.00 bits per heavy atom. The first-order valence-electron chi connectivity index (χ1n) is 5.71. The molecule has 1 aliphatic carbocycles. The number of rotatable bonds is 3. The van der Waals surface area contributed by atoms with Crippen LogP contribution in [0.1, 0.15) is 43.6 Å². The highest BCUT2D eigenvalue weighted by atomic mass is 31.2. The van der Waals surface area contributed by atoms with Crippen molar-refractivity contribution in [2.75, 3.05) is 0 Å². The summed E-state index contributed by atoms with van der Waals surface area (Å²) in [6.07, 6.45) is 6.54. The minimum absolute atomic E-state index is 0.524. The van der Waals surface area contributed by atoms with Gasteiger partial charge in [-0.1, -0.05) is 31.4 Å². The van der Waals surface area contributed by atoms with Crippen LogP contribution >= 0.6 is 8.60 Å². The Labute approximate surface area is 97.1 Å². The van der Waals surface area contributed by atoms with Crippen molar-refractivity contribution in [1.82, 2.24) is 0 Å². The van der Waals surface area contributed by atoms with Crippen molar-refractivity contribution in [1.29, 1.82) is 0 Å². The maximum atomic E-state index is 8.72. The Hall–Kier alpha value is -0.630. The predicted molar refractivity (Wildman–Crippen MR) is 64.3 cm³/mol. The molecule has 0 atom stereocenters. The van der Waals surface area contributed by atoms with Crippen LogP contribution < -0.4 is 4.52 Å². The SMILES string of the molecule is OP(O)Oc1ccc(C2CCCCC2)cc1. The van der Waals surface area contributed by atoms with Gasteiger partial charge in [-0.2, -0.15) is 0 Å². The highest BCUT2D eigenvalue weighted by Crippen LogP contribution is 2.34. The Morgan fingerprint density at radius 3 is 2.19 bits per heavy atom. The van der Waals surface area contributed by atoms with Gasteiger partial charge in [-0.3, -0.25) is 0 Å². The first-order chi connectivity index (χ1) is 7.75. The van der Waals surface area contributed by atoms with Gasteiger partial charge in [0.25, 0.3) is 0 Å². The monoisotopic (exact) mass is 240 g/mol. The molecule has 88 valence electrons. The Kier molecular flexibility index (Phi) is 4.16. The molecule has 0 aromatic heterocycles. The van der Waals surface area contributed by atoms with Crippen molar-refractivity contribution in [3.05, 3.63) is 29.8 Å². The quantitative estimate of drug-likeness (QED) is 0.797. The molecule has 3 nitrogen and oxygen atoms in total. The summed E-state index contributed by atoms with van der Waals surface area (Å²) in [5.74, 6) is 1.20. The largest absolute Gasteiger partial charge is 0.427 e. The average Bonchev–Trinajstić information content (AvgIpc) is 2.30. The van der Waals surface area contributed by atoms with Crippen LogP contribution in [0.3, 0.4) is 0 Å². The second-order valence-electron chi connectivity index (χ2n) is 4.25. The molecule has 1 aromatic carbocycles. The van der Waals surface area contributed by atoms with Gasteiger partial charge >= 0.3 is 8.60 Å². The van der Waals surface area contributed by atoms with E-state index in [-0.39, 0.29) is 0 Å². The average molecular weight is 240 g/mol. The fourth-order valence-electron chi connectivity index (χ4n) is 2.33. The highest BCUT2D eigenvalue weighted by molar-refractivity contribution is 7.39. The summed E-state index contributed by atoms with van der Waals surface area (Å²) >= 11 is 0. The third-order valence-electron chi connectivity index (χ3n) is 3.14. The number of benzene rings is 1. The molecule has 0 amide bonds. The van der Waals surface area contributed by atoms with E-state index < -0.39 is 8.60 Å². The predicted octanol–water partition coefficient (Wildman–Crippen LogP) is 3.32. The molecule has 1 aromatic rings.